The third-order valence-electron chi connectivity index (χ3n) is 4.60. The average molecular weight is 381 g/mol. The Hall–Kier alpha value is -3.12. The first-order valence-electron chi connectivity index (χ1n) is 8.38. The third kappa shape index (κ3) is 2.61. The number of fused-ring (bicyclic) bond motifs is 3. The molecule has 0 N–H and O–H groups in total. The van der Waals surface area contributed by atoms with Gasteiger partial charge in [0.2, 0.25) is 0 Å². The SMILES string of the molecule is CN(C)C(=O)c1nn(-c2ccccc2)c(=O)c2c1c1ccc(Cl)cc1n2C. The number of rotatable bonds is 2. The molecule has 2 aromatic carbocycles. The molecule has 7 heteroatoms. The summed E-state index contributed by atoms with van der Waals surface area (Å²) in [5, 5.41) is 6.32. The molecule has 0 aliphatic rings. The minimum atomic E-state index is -0.290. The maximum absolute atomic E-state index is 13.3. The van der Waals surface area contributed by atoms with E-state index < -0.39 is 0 Å². The number of aromatic nitrogens is 3. The predicted octanol–water partition coefficient (Wildman–Crippen LogP) is 3.23. The predicted molar refractivity (Wildman–Crippen MR) is 107 cm³/mol. The van der Waals surface area contributed by atoms with Crippen LogP contribution in [-0.4, -0.2) is 39.3 Å². The number of para-hydroxylation sites is 1. The summed E-state index contributed by atoms with van der Waals surface area (Å²) in [6.07, 6.45) is 0. The first-order valence-corrected chi connectivity index (χ1v) is 8.76. The van der Waals surface area contributed by atoms with E-state index in [1.807, 2.05) is 24.3 Å². The maximum atomic E-state index is 13.3. The summed E-state index contributed by atoms with van der Waals surface area (Å²) < 4.78 is 3.05. The Morgan fingerprint density at radius 2 is 1.81 bits per heavy atom. The fourth-order valence-electron chi connectivity index (χ4n) is 3.30. The number of carbonyl (C=O) groups excluding carboxylic acids is 1. The zero-order valence-electron chi connectivity index (χ0n) is 15.1. The van der Waals surface area contributed by atoms with Crippen molar-refractivity contribution in [2.75, 3.05) is 14.1 Å². The highest BCUT2D eigenvalue weighted by atomic mass is 35.5. The molecule has 6 nitrogen and oxygen atoms in total. The number of hydrogen-bond acceptors (Lipinski definition) is 3. The van der Waals surface area contributed by atoms with Crippen LogP contribution in [0, 0.1) is 0 Å². The first-order chi connectivity index (χ1) is 12.9. The maximum Gasteiger partial charge on any atom is 0.296 e. The summed E-state index contributed by atoms with van der Waals surface area (Å²) in [5.74, 6) is -0.271. The molecule has 0 unspecified atom stereocenters. The number of hydrogen-bond donors (Lipinski definition) is 0. The highest BCUT2D eigenvalue weighted by molar-refractivity contribution is 6.31. The second-order valence-electron chi connectivity index (χ2n) is 6.54. The topological polar surface area (TPSA) is 60.1 Å². The second-order valence-corrected chi connectivity index (χ2v) is 6.98. The molecule has 2 heterocycles. The standard InChI is InChI=1S/C20H17ClN4O2/c1-23(2)19(26)17-16-14-10-9-12(21)11-15(14)24(3)18(16)20(27)25(22-17)13-7-5-4-6-8-13/h4-11H,1-3H3. The molecule has 0 saturated heterocycles. The molecule has 1 amide bonds. The number of amides is 1. The van der Waals surface area contributed by atoms with E-state index in [-0.39, 0.29) is 17.2 Å². The van der Waals surface area contributed by atoms with Crippen molar-refractivity contribution >= 4 is 39.3 Å². The second kappa shape index (κ2) is 6.25. The summed E-state index contributed by atoms with van der Waals surface area (Å²) in [5.41, 5.74) is 1.72. The monoisotopic (exact) mass is 380 g/mol. The third-order valence-corrected chi connectivity index (χ3v) is 4.84. The van der Waals surface area contributed by atoms with Crippen LogP contribution in [0.4, 0.5) is 0 Å². The van der Waals surface area contributed by atoms with Crippen LogP contribution >= 0.6 is 11.6 Å². The lowest BCUT2D eigenvalue weighted by molar-refractivity contribution is 0.0822. The first kappa shape index (κ1) is 17.3. The lowest BCUT2D eigenvalue weighted by Crippen LogP contribution is -2.29. The molecule has 0 aliphatic heterocycles. The van der Waals surface area contributed by atoms with Gasteiger partial charge in [-0.3, -0.25) is 9.59 Å². The minimum Gasteiger partial charge on any atom is -0.343 e. The van der Waals surface area contributed by atoms with Crippen LogP contribution in [0.25, 0.3) is 27.5 Å². The molecule has 0 spiro atoms. The van der Waals surface area contributed by atoms with Gasteiger partial charge in [-0.05, 0) is 24.3 Å². The van der Waals surface area contributed by atoms with Crippen LogP contribution in [0.1, 0.15) is 10.5 Å². The van der Waals surface area contributed by atoms with Crippen molar-refractivity contribution in [1.29, 1.82) is 0 Å². The van der Waals surface area contributed by atoms with Gasteiger partial charge in [-0.2, -0.15) is 9.78 Å². The van der Waals surface area contributed by atoms with Crippen molar-refractivity contribution in [1.82, 2.24) is 19.2 Å². The summed E-state index contributed by atoms with van der Waals surface area (Å²) >= 11 is 6.15. The molecule has 0 saturated carbocycles. The van der Waals surface area contributed by atoms with Crippen LogP contribution < -0.4 is 5.56 Å². The highest BCUT2D eigenvalue weighted by Gasteiger charge is 2.24. The van der Waals surface area contributed by atoms with Crippen molar-refractivity contribution in [3.63, 3.8) is 0 Å². The molecule has 136 valence electrons. The van der Waals surface area contributed by atoms with E-state index in [1.54, 1.807) is 50.0 Å². The number of halogens is 1. The van der Waals surface area contributed by atoms with Gasteiger partial charge < -0.3 is 9.47 Å². The van der Waals surface area contributed by atoms with Gasteiger partial charge in [-0.1, -0.05) is 35.9 Å². The van der Waals surface area contributed by atoms with Crippen molar-refractivity contribution in [3.8, 4) is 5.69 Å². The van der Waals surface area contributed by atoms with Crippen LogP contribution in [-0.2, 0) is 7.05 Å². The molecule has 0 radical (unpaired) electrons. The largest absolute Gasteiger partial charge is 0.343 e. The number of carbonyl (C=O) groups is 1. The summed E-state index contributed by atoms with van der Waals surface area (Å²) in [6, 6.07) is 14.4. The number of aryl methyl sites for hydroxylation is 1. The van der Waals surface area contributed by atoms with E-state index in [2.05, 4.69) is 5.10 Å². The molecule has 0 aliphatic carbocycles. The van der Waals surface area contributed by atoms with Crippen LogP contribution in [0.2, 0.25) is 5.02 Å². The molecule has 4 rings (SSSR count). The molecule has 27 heavy (non-hydrogen) atoms. The van der Waals surface area contributed by atoms with Gasteiger partial charge in [0.15, 0.2) is 5.69 Å². The Kier molecular flexibility index (Phi) is 4.00. The Balaban J connectivity index is 2.23. The normalized spacial score (nSPS) is 11.3. The van der Waals surface area contributed by atoms with Crippen molar-refractivity contribution in [3.05, 3.63) is 69.6 Å². The fourth-order valence-corrected chi connectivity index (χ4v) is 3.47. The molecule has 4 aromatic rings. The van der Waals surface area contributed by atoms with E-state index >= 15 is 0 Å². The van der Waals surface area contributed by atoms with Gasteiger partial charge in [0, 0.05) is 36.9 Å². The van der Waals surface area contributed by atoms with Crippen molar-refractivity contribution < 1.29 is 4.79 Å². The molecule has 0 bridgehead atoms. The Labute approximate surface area is 160 Å². The molecule has 0 atom stereocenters. The van der Waals surface area contributed by atoms with E-state index in [4.69, 9.17) is 11.6 Å². The average Bonchev–Trinajstić information content (AvgIpc) is 2.95. The van der Waals surface area contributed by atoms with E-state index in [0.29, 0.717) is 21.6 Å². The van der Waals surface area contributed by atoms with Gasteiger partial charge >= 0.3 is 0 Å². The van der Waals surface area contributed by atoms with Gasteiger partial charge in [0.05, 0.1) is 11.2 Å². The smallest absolute Gasteiger partial charge is 0.296 e. The lowest BCUT2D eigenvalue weighted by Gasteiger charge is -2.13. The molecule has 0 fully saturated rings. The van der Waals surface area contributed by atoms with E-state index in [9.17, 15) is 9.59 Å². The molecular weight excluding hydrogens is 364 g/mol. The van der Waals surface area contributed by atoms with Crippen LogP contribution in [0.3, 0.4) is 0 Å². The molecular formula is C20H17ClN4O2. The fraction of sp³-hybridized carbons (Fsp3) is 0.150. The summed E-state index contributed by atoms with van der Waals surface area (Å²) in [7, 11) is 5.12. The van der Waals surface area contributed by atoms with Gasteiger partial charge in [0.25, 0.3) is 11.5 Å². The van der Waals surface area contributed by atoms with Gasteiger partial charge in [0.1, 0.15) is 5.52 Å². The minimum absolute atomic E-state index is 0.228. The highest BCUT2D eigenvalue weighted by Crippen LogP contribution is 2.30. The van der Waals surface area contributed by atoms with E-state index in [0.717, 1.165) is 10.9 Å². The Morgan fingerprint density at radius 1 is 1.11 bits per heavy atom. The van der Waals surface area contributed by atoms with Crippen molar-refractivity contribution in [2.45, 2.75) is 0 Å². The Bertz CT molecular complexity index is 1260. The van der Waals surface area contributed by atoms with Crippen LogP contribution in [0.15, 0.2) is 53.3 Å². The quantitative estimate of drug-likeness (QED) is 0.536. The Morgan fingerprint density at radius 3 is 2.48 bits per heavy atom. The zero-order valence-corrected chi connectivity index (χ0v) is 15.9. The van der Waals surface area contributed by atoms with Crippen LogP contribution in [0.5, 0.6) is 0 Å². The number of benzene rings is 2. The van der Waals surface area contributed by atoms with E-state index in [1.165, 1.54) is 9.58 Å². The zero-order chi connectivity index (χ0) is 19.3. The lowest BCUT2D eigenvalue weighted by atomic mass is 10.1. The van der Waals surface area contributed by atoms with Crippen molar-refractivity contribution in [2.24, 2.45) is 7.05 Å². The van der Waals surface area contributed by atoms with Gasteiger partial charge in [-0.25, -0.2) is 0 Å². The summed E-state index contributed by atoms with van der Waals surface area (Å²) in [6.45, 7) is 0. The molecule has 2 aromatic heterocycles. The number of nitrogens with zero attached hydrogens (tertiary/aromatic N) is 4. The summed E-state index contributed by atoms with van der Waals surface area (Å²) in [4.78, 5) is 27.6. The van der Waals surface area contributed by atoms with Gasteiger partial charge in [-0.15, -0.1) is 0 Å².